The Hall–Kier alpha value is -4.14. The zero-order valence-corrected chi connectivity index (χ0v) is 22.7. The van der Waals surface area contributed by atoms with E-state index in [1.165, 1.54) is 11.0 Å². The van der Waals surface area contributed by atoms with Gasteiger partial charge < -0.3 is 19.4 Å². The zero-order chi connectivity index (χ0) is 27.6. The van der Waals surface area contributed by atoms with E-state index in [4.69, 9.17) is 9.15 Å². The minimum Gasteiger partial charge on any atom is -0.461 e. The third-order valence-electron chi connectivity index (χ3n) is 6.46. The van der Waals surface area contributed by atoms with Gasteiger partial charge in [0.05, 0.1) is 0 Å². The summed E-state index contributed by atoms with van der Waals surface area (Å²) in [6.07, 6.45) is 5.22. The maximum absolute atomic E-state index is 12.8. The highest BCUT2D eigenvalue weighted by Crippen LogP contribution is 2.27. The Morgan fingerprint density at radius 1 is 1.24 bits per heavy atom. The number of nitrogens with one attached hydrogen (secondary N) is 1. The second-order valence-corrected chi connectivity index (χ2v) is 10.6. The summed E-state index contributed by atoms with van der Waals surface area (Å²) >= 11 is 0. The minimum atomic E-state index is -0.685. The van der Waals surface area contributed by atoms with Crippen LogP contribution >= 0.6 is 0 Å². The number of aromatic nitrogens is 1. The first-order chi connectivity index (χ1) is 17.9. The predicted octanol–water partition coefficient (Wildman–Crippen LogP) is 4.93. The summed E-state index contributed by atoms with van der Waals surface area (Å²) in [5.74, 6) is 0.782. The molecule has 0 fully saturated rings. The van der Waals surface area contributed by atoms with E-state index in [1.54, 1.807) is 52.0 Å². The van der Waals surface area contributed by atoms with Crippen molar-refractivity contribution in [2.24, 2.45) is 0 Å². The van der Waals surface area contributed by atoms with Crippen molar-refractivity contribution < 1.29 is 23.5 Å². The van der Waals surface area contributed by atoms with Gasteiger partial charge >= 0.3 is 6.09 Å². The molecule has 0 radical (unpaired) electrons. The summed E-state index contributed by atoms with van der Waals surface area (Å²) in [5, 5.41) is 3.82. The summed E-state index contributed by atoms with van der Waals surface area (Å²) in [6, 6.07) is 9.00. The molecule has 0 saturated heterocycles. The number of ether oxygens (including phenoxy) is 1. The first-order valence-corrected chi connectivity index (χ1v) is 12.6. The fourth-order valence-corrected chi connectivity index (χ4v) is 4.40. The lowest BCUT2D eigenvalue weighted by atomic mass is 10.1. The average Bonchev–Trinajstić information content (AvgIpc) is 3.06. The number of pyridine rings is 1. The summed E-state index contributed by atoms with van der Waals surface area (Å²) < 4.78 is 11.2. The van der Waals surface area contributed by atoms with Gasteiger partial charge in [-0.3, -0.25) is 14.5 Å². The number of likely N-dealkylation sites (N-methyl/N-ethyl adjacent to an activating group) is 2. The molecular formula is C29H34N4O5. The number of hydrogen-bond donors (Lipinski definition) is 1. The molecule has 2 aromatic heterocycles. The number of fused-ring (bicyclic) bond motifs is 2. The number of anilines is 1. The molecule has 200 valence electrons. The van der Waals surface area contributed by atoms with Crippen molar-refractivity contribution in [2.75, 3.05) is 19.4 Å². The third kappa shape index (κ3) is 6.04. The molecule has 0 aliphatic carbocycles. The fraction of sp³-hybridized carbons (Fsp3) is 0.379. The number of carbonyl (C=O) groups is 3. The molecule has 0 bridgehead atoms. The van der Waals surface area contributed by atoms with Crippen molar-refractivity contribution in [1.82, 2.24) is 14.8 Å². The predicted molar refractivity (Wildman–Crippen MR) is 145 cm³/mol. The number of amides is 3. The highest BCUT2D eigenvalue weighted by Gasteiger charge is 2.32. The summed E-state index contributed by atoms with van der Waals surface area (Å²) in [4.78, 5) is 45.5. The van der Waals surface area contributed by atoms with Crippen LogP contribution in [-0.2, 0) is 27.3 Å². The van der Waals surface area contributed by atoms with Crippen LogP contribution in [0.5, 0.6) is 0 Å². The van der Waals surface area contributed by atoms with Crippen LogP contribution in [0.2, 0.25) is 0 Å². The Morgan fingerprint density at radius 2 is 1.97 bits per heavy atom. The van der Waals surface area contributed by atoms with Gasteiger partial charge in [0.25, 0.3) is 0 Å². The summed E-state index contributed by atoms with van der Waals surface area (Å²) in [7, 11) is 3.31. The molecule has 1 aliphatic rings. The molecule has 1 aliphatic heterocycles. The molecule has 3 heterocycles. The van der Waals surface area contributed by atoms with E-state index < -0.39 is 17.7 Å². The van der Waals surface area contributed by atoms with Crippen molar-refractivity contribution in [3.05, 3.63) is 65.1 Å². The van der Waals surface area contributed by atoms with E-state index in [0.29, 0.717) is 25.2 Å². The molecular weight excluding hydrogens is 484 g/mol. The number of para-hydroxylation sites is 1. The van der Waals surface area contributed by atoms with Gasteiger partial charge in [-0.05, 0) is 69.9 Å². The van der Waals surface area contributed by atoms with Gasteiger partial charge in [-0.1, -0.05) is 18.2 Å². The van der Waals surface area contributed by atoms with Crippen molar-refractivity contribution in [1.29, 1.82) is 0 Å². The maximum atomic E-state index is 12.8. The Morgan fingerprint density at radius 3 is 2.71 bits per heavy atom. The maximum Gasteiger partial charge on any atom is 0.410 e. The number of nitrogens with zero attached hydrogens (tertiary/aromatic N) is 3. The zero-order valence-electron chi connectivity index (χ0n) is 22.7. The van der Waals surface area contributed by atoms with Crippen LogP contribution in [0.25, 0.3) is 17.0 Å². The SMILES string of the molecule is Cc1oc2ccccc2c1CN(C)C(=O)/C=C/c1cnc2c(c1)CCC(N(C)C(=O)OC(C)(C)C)C(=O)N2. The van der Waals surface area contributed by atoms with E-state index in [1.807, 2.05) is 37.3 Å². The molecule has 3 amide bonds. The number of hydrogen-bond acceptors (Lipinski definition) is 6. The number of rotatable bonds is 5. The van der Waals surface area contributed by atoms with Gasteiger partial charge in [0, 0.05) is 43.9 Å². The minimum absolute atomic E-state index is 0.156. The Bertz CT molecular complexity index is 1400. The molecule has 3 aromatic rings. The van der Waals surface area contributed by atoms with Crippen LogP contribution in [0.1, 0.15) is 49.6 Å². The van der Waals surface area contributed by atoms with Crippen LogP contribution in [0.3, 0.4) is 0 Å². The van der Waals surface area contributed by atoms with E-state index in [9.17, 15) is 14.4 Å². The highest BCUT2D eigenvalue weighted by atomic mass is 16.6. The van der Waals surface area contributed by atoms with E-state index in [0.717, 1.165) is 33.4 Å². The molecule has 1 aromatic carbocycles. The van der Waals surface area contributed by atoms with Gasteiger partial charge in [-0.2, -0.15) is 0 Å². The fourth-order valence-electron chi connectivity index (χ4n) is 4.40. The standard InChI is InChI=1S/C29H34N4O5/c1-18-22(21-9-7-8-10-24(21)37-18)17-32(5)25(34)14-11-19-15-20-12-13-23(27(35)31-26(20)30-16-19)33(6)28(36)38-29(2,3)4/h7-11,14-16,23H,12-13,17H2,1-6H3,(H,30,31,35)/b14-11+. The van der Waals surface area contributed by atoms with Gasteiger partial charge in [0.15, 0.2) is 0 Å². The summed E-state index contributed by atoms with van der Waals surface area (Å²) in [6.45, 7) is 7.67. The van der Waals surface area contributed by atoms with Gasteiger partial charge in [0.1, 0.15) is 28.8 Å². The van der Waals surface area contributed by atoms with E-state index in [-0.39, 0.29) is 11.8 Å². The number of aryl methyl sites for hydroxylation is 2. The third-order valence-corrected chi connectivity index (χ3v) is 6.46. The van der Waals surface area contributed by atoms with Crippen LogP contribution in [0.4, 0.5) is 10.6 Å². The van der Waals surface area contributed by atoms with Gasteiger partial charge in [-0.25, -0.2) is 9.78 Å². The molecule has 9 heteroatoms. The number of furan rings is 1. The smallest absolute Gasteiger partial charge is 0.410 e. The molecule has 0 spiro atoms. The van der Waals surface area contributed by atoms with Crippen molar-refractivity contribution in [2.45, 2.75) is 58.7 Å². The lowest BCUT2D eigenvalue weighted by Gasteiger charge is -2.29. The largest absolute Gasteiger partial charge is 0.461 e. The normalized spacial score (nSPS) is 15.6. The van der Waals surface area contributed by atoms with Crippen LogP contribution < -0.4 is 5.32 Å². The number of carbonyl (C=O) groups excluding carboxylic acids is 3. The van der Waals surface area contributed by atoms with Crippen molar-refractivity contribution >= 4 is 40.8 Å². The summed E-state index contributed by atoms with van der Waals surface area (Å²) in [5.41, 5.74) is 2.71. The molecule has 1 N–H and O–H groups in total. The quantitative estimate of drug-likeness (QED) is 0.481. The van der Waals surface area contributed by atoms with Crippen LogP contribution in [0.15, 0.2) is 47.0 Å². The van der Waals surface area contributed by atoms with Gasteiger partial charge in [-0.15, -0.1) is 0 Å². The molecule has 4 rings (SSSR count). The van der Waals surface area contributed by atoms with Gasteiger partial charge in [0.2, 0.25) is 11.8 Å². The molecule has 1 atom stereocenters. The second-order valence-electron chi connectivity index (χ2n) is 10.6. The molecule has 0 saturated carbocycles. The Balaban J connectivity index is 1.42. The van der Waals surface area contributed by atoms with Crippen LogP contribution in [0, 0.1) is 6.92 Å². The highest BCUT2D eigenvalue weighted by molar-refractivity contribution is 5.97. The van der Waals surface area contributed by atoms with E-state index in [2.05, 4.69) is 10.3 Å². The molecule has 1 unspecified atom stereocenters. The monoisotopic (exact) mass is 518 g/mol. The Kier molecular flexibility index (Phi) is 7.57. The Labute approximate surface area is 222 Å². The first-order valence-electron chi connectivity index (χ1n) is 12.6. The molecule has 9 nitrogen and oxygen atoms in total. The lowest BCUT2D eigenvalue weighted by Crippen LogP contribution is -2.46. The first kappa shape index (κ1) is 26.9. The van der Waals surface area contributed by atoms with Crippen molar-refractivity contribution in [3.63, 3.8) is 0 Å². The lowest BCUT2D eigenvalue weighted by molar-refractivity contribution is -0.125. The van der Waals surface area contributed by atoms with Crippen molar-refractivity contribution in [3.8, 4) is 0 Å². The topological polar surface area (TPSA) is 105 Å². The molecule has 38 heavy (non-hydrogen) atoms. The average molecular weight is 519 g/mol. The second kappa shape index (κ2) is 10.7. The number of benzene rings is 1. The van der Waals surface area contributed by atoms with E-state index >= 15 is 0 Å². The van der Waals surface area contributed by atoms with Crippen LogP contribution in [-0.4, -0.2) is 58.4 Å².